The van der Waals surface area contributed by atoms with E-state index in [2.05, 4.69) is 6.58 Å². The van der Waals surface area contributed by atoms with Gasteiger partial charge in [0.15, 0.2) is 5.78 Å². The first kappa shape index (κ1) is 8.78. The van der Waals surface area contributed by atoms with E-state index in [1.165, 1.54) is 0 Å². The number of ketones is 1. The topological polar surface area (TPSA) is 20.3 Å². The van der Waals surface area contributed by atoms with Crippen LogP contribution >= 0.6 is 0 Å². The van der Waals surface area contributed by atoms with E-state index in [9.17, 15) is 4.79 Å². The van der Waals surface area contributed by atoms with Crippen LogP contribution in [0.1, 0.15) is 13.8 Å². The molecule has 0 spiro atoms. The summed E-state index contributed by atoms with van der Waals surface area (Å²) in [4.78, 5) is 13.0. The fourth-order valence-corrected chi connectivity index (χ4v) is 1.22. The van der Waals surface area contributed by atoms with Crippen molar-refractivity contribution >= 4 is 5.78 Å². The maximum absolute atomic E-state index is 11.1. The SMILES string of the molecule is C=C1C(C)=CN(C)C=C1C(C)=O. The van der Waals surface area contributed by atoms with E-state index in [-0.39, 0.29) is 5.78 Å². The number of hydrogen-bond acceptors (Lipinski definition) is 2. The summed E-state index contributed by atoms with van der Waals surface area (Å²) >= 11 is 0. The smallest absolute Gasteiger partial charge is 0.161 e. The van der Waals surface area contributed by atoms with Crippen molar-refractivity contribution in [2.24, 2.45) is 0 Å². The normalized spacial score (nSPS) is 17.2. The molecule has 1 rings (SSSR count). The summed E-state index contributed by atoms with van der Waals surface area (Å²) < 4.78 is 0. The van der Waals surface area contributed by atoms with Crippen LogP contribution in [0, 0.1) is 0 Å². The highest BCUT2D eigenvalue weighted by atomic mass is 16.1. The first-order valence-electron chi connectivity index (χ1n) is 3.85. The Morgan fingerprint density at radius 3 is 2.58 bits per heavy atom. The average Bonchev–Trinajstić information content (AvgIpc) is 1.96. The second-order valence-corrected chi connectivity index (χ2v) is 3.06. The number of allylic oxidation sites excluding steroid dienone is 3. The van der Waals surface area contributed by atoms with Gasteiger partial charge in [0.25, 0.3) is 0 Å². The Bertz CT molecular complexity index is 297. The molecule has 2 nitrogen and oxygen atoms in total. The Morgan fingerprint density at radius 2 is 2.08 bits per heavy atom. The summed E-state index contributed by atoms with van der Waals surface area (Å²) in [6.45, 7) is 7.36. The molecular formula is C10H13NO. The lowest BCUT2D eigenvalue weighted by atomic mass is 9.97. The van der Waals surface area contributed by atoms with Crippen molar-refractivity contribution in [2.75, 3.05) is 7.05 Å². The first-order valence-corrected chi connectivity index (χ1v) is 3.85. The second-order valence-electron chi connectivity index (χ2n) is 3.06. The van der Waals surface area contributed by atoms with Crippen molar-refractivity contribution < 1.29 is 4.79 Å². The van der Waals surface area contributed by atoms with E-state index >= 15 is 0 Å². The van der Waals surface area contributed by atoms with Crippen LogP contribution in [0.25, 0.3) is 0 Å². The van der Waals surface area contributed by atoms with Crippen LogP contribution < -0.4 is 0 Å². The van der Waals surface area contributed by atoms with Crippen molar-refractivity contribution in [3.63, 3.8) is 0 Å². The molecule has 1 heterocycles. The Labute approximate surface area is 72.9 Å². The summed E-state index contributed by atoms with van der Waals surface area (Å²) in [6, 6.07) is 0. The molecule has 0 N–H and O–H groups in total. The minimum absolute atomic E-state index is 0.0688. The van der Waals surface area contributed by atoms with Gasteiger partial charge < -0.3 is 4.90 Å². The maximum atomic E-state index is 11.1. The Kier molecular flexibility index (Phi) is 2.18. The van der Waals surface area contributed by atoms with Crippen molar-refractivity contribution in [1.82, 2.24) is 4.90 Å². The number of nitrogens with zero attached hydrogens (tertiary/aromatic N) is 1. The largest absolute Gasteiger partial charge is 0.356 e. The van der Waals surface area contributed by atoms with E-state index in [1.807, 2.05) is 25.1 Å². The number of carbonyl (C=O) groups is 1. The van der Waals surface area contributed by atoms with Gasteiger partial charge in [0.2, 0.25) is 0 Å². The molecule has 0 amide bonds. The third-order valence-electron chi connectivity index (χ3n) is 1.91. The Balaban J connectivity index is 3.04. The van der Waals surface area contributed by atoms with Gasteiger partial charge in [-0.15, -0.1) is 0 Å². The number of carbonyl (C=O) groups excluding carboxylic acids is 1. The molecule has 0 bridgehead atoms. The van der Waals surface area contributed by atoms with Crippen molar-refractivity contribution in [3.05, 3.63) is 35.7 Å². The highest BCUT2D eigenvalue weighted by Crippen LogP contribution is 2.22. The van der Waals surface area contributed by atoms with Gasteiger partial charge in [-0.1, -0.05) is 6.58 Å². The lowest BCUT2D eigenvalue weighted by molar-refractivity contribution is -0.113. The molecule has 1 aliphatic rings. The Hall–Kier alpha value is -1.31. The van der Waals surface area contributed by atoms with Gasteiger partial charge in [-0.3, -0.25) is 4.79 Å². The summed E-state index contributed by atoms with van der Waals surface area (Å²) in [6.07, 6.45) is 3.76. The monoisotopic (exact) mass is 163 g/mol. The number of hydrogen-bond donors (Lipinski definition) is 0. The molecular weight excluding hydrogens is 150 g/mol. The zero-order chi connectivity index (χ0) is 9.30. The van der Waals surface area contributed by atoms with Crippen LogP contribution in [0.15, 0.2) is 35.7 Å². The third kappa shape index (κ3) is 1.47. The second kappa shape index (κ2) is 2.97. The third-order valence-corrected chi connectivity index (χ3v) is 1.91. The molecule has 1 aliphatic heterocycles. The van der Waals surface area contributed by atoms with E-state index in [0.717, 1.165) is 11.1 Å². The van der Waals surface area contributed by atoms with Crippen LogP contribution in [-0.4, -0.2) is 17.7 Å². The molecule has 0 aromatic carbocycles. The van der Waals surface area contributed by atoms with E-state index in [0.29, 0.717) is 5.57 Å². The molecule has 2 heteroatoms. The molecule has 0 aromatic rings. The quantitative estimate of drug-likeness (QED) is 0.588. The molecule has 0 aliphatic carbocycles. The summed E-state index contributed by atoms with van der Waals surface area (Å²) in [5, 5.41) is 0. The standard InChI is InChI=1S/C10H13NO/c1-7-5-11(4)6-10(8(7)2)9(3)12/h5-6H,2H2,1,3-4H3. The molecule has 0 fully saturated rings. The molecule has 0 aromatic heterocycles. The maximum Gasteiger partial charge on any atom is 0.161 e. The highest BCUT2D eigenvalue weighted by Gasteiger charge is 2.14. The van der Waals surface area contributed by atoms with Crippen molar-refractivity contribution in [1.29, 1.82) is 0 Å². The molecule has 64 valence electrons. The summed E-state index contributed by atoms with van der Waals surface area (Å²) in [5.74, 6) is 0.0688. The van der Waals surface area contributed by atoms with Gasteiger partial charge in [0, 0.05) is 25.0 Å². The number of rotatable bonds is 1. The van der Waals surface area contributed by atoms with E-state index in [4.69, 9.17) is 0 Å². The lowest BCUT2D eigenvalue weighted by Gasteiger charge is -2.20. The van der Waals surface area contributed by atoms with Crippen LogP contribution in [0.2, 0.25) is 0 Å². The zero-order valence-electron chi connectivity index (χ0n) is 7.72. The van der Waals surface area contributed by atoms with Crippen molar-refractivity contribution in [2.45, 2.75) is 13.8 Å². The fourth-order valence-electron chi connectivity index (χ4n) is 1.22. The predicted molar refractivity (Wildman–Crippen MR) is 49.4 cm³/mol. The van der Waals surface area contributed by atoms with Gasteiger partial charge in [-0.05, 0) is 25.0 Å². The van der Waals surface area contributed by atoms with Gasteiger partial charge in [0.05, 0.1) is 0 Å². The van der Waals surface area contributed by atoms with Crippen molar-refractivity contribution in [3.8, 4) is 0 Å². The van der Waals surface area contributed by atoms with Crippen LogP contribution in [0.3, 0.4) is 0 Å². The Morgan fingerprint density at radius 1 is 1.50 bits per heavy atom. The molecule has 0 saturated heterocycles. The first-order chi connectivity index (χ1) is 5.52. The highest BCUT2D eigenvalue weighted by molar-refractivity contribution is 5.99. The summed E-state index contributed by atoms with van der Waals surface area (Å²) in [5.41, 5.74) is 2.59. The molecule has 0 unspecified atom stereocenters. The lowest BCUT2D eigenvalue weighted by Crippen LogP contribution is -2.14. The van der Waals surface area contributed by atoms with Gasteiger partial charge in [-0.25, -0.2) is 0 Å². The molecule has 0 radical (unpaired) electrons. The van der Waals surface area contributed by atoms with Crippen LogP contribution in [-0.2, 0) is 4.79 Å². The molecule has 12 heavy (non-hydrogen) atoms. The fraction of sp³-hybridized carbons (Fsp3) is 0.300. The van der Waals surface area contributed by atoms with Gasteiger partial charge in [0.1, 0.15) is 0 Å². The molecule has 0 atom stereocenters. The zero-order valence-corrected chi connectivity index (χ0v) is 7.72. The van der Waals surface area contributed by atoms with Crippen LogP contribution in [0.4, 0.5) is 0 Å². The molecule has 0 saturated carbocycles. The average molecular weight is 163 g/mol. The predicted octanol–water partition coefficient (Wildman–Crippen LogP) is 1.86. The number of Topliss-reactive ketones (excluding diaryl/α,β-unsaturated/α-hetero) is 1. The minimum Gasteiger partial charge on any atom is -0.356 e. The van der Waals surface area contributed by atoms with Crippen LogP contribution in [0.5, 0.6) is 0 Å². The minimum atomic E-state index is 0.0688. The van der Waals surface area contributed by atoms with Gasteiger partial charge in [-0.2, -0.15) is 0 Å². The summed E-state index contributed by atoms with van der Waals surface area (Å²) in [7, 11) is 1.90. The van der Waals surface area contributed by atoms with E-state index in [1.54, 1.807) is 13.1 Å². The van der Waals surface area contributed by atoms with Gasteiger partial charge >= 0.3 is 0 Å². The van der Waals surface area contributed by atoms with E-state index < -0.39 is 0 Å².